The third-order valence-electron chi connectivity index (χ3n) is 8.11. The second kappa shape index (κ2) is 9.79. The van der Waals surface area contributed by atoms with E-state index in [4.69, 9.17) is 23.2 Å². The smallest absolute Gasteiger partial charge is 0.343 e. The van der Waals surface area contributed by atoms with Crippen molar-refractivity contribution in [1.29, 1.82) is 0 Å². The molecule has 2 heterocycles. The van der Waals surface area contributed by atoms with Gasteiger partial charge in [-0.05, 0) is 68.1 Å². The molecule has 5 rings (SSSR count). The Balaban J connectivity index is 1.39. The van der Waals surface area contributed by atoms with E-state index in [0.717, 1.165) is 25.0 Å². The lowest BCUT2D eigenvalue weighted by Crippen LogP contribution is -2.59. The number of alkyl halides is 3. The van der Waals surface area contributed by atoms with Crippen LogP contribution in [0.1, 0.15) is 42.4 Å². The Morgan fingerprint density at radius 3 is 2.22 bits per heavy atom. The third kappa shape index (κ3) is 5.20. The molecule has 3 aliphatic rings. The van der Waals surface area contributed by atoms with Crippen molar-refractivity contribution < 1.29 is 22.8 Å². The van der Waals surface area contributed by atoms with E-state index in [1.807, 2.05) is 0 Å². The number of fused-ring (bicyclic) bond motifs is 2. The molecule has 3 fully saturated rings. The van der Waals surface area contributed by atoms with Crippen LogP contribution in [0.2, 0.25) is 10.0 Å². The summed E-state index contributed by atoms with van der Waals surface area (Å²) in [6, 6.07) is 9.39. The molecule has 2 aromatic carbocycles. The Morgan fingerprint density at radius 1 is 1.05 bits per heavy atom. The summed E-state index contributed by atoms with van der Waals surface area (Å²) in [5.74, 6) is -0.518. The van der Waals surface area contributed by atoms with Crippen LogP contribution >= 0.6 is 23.2 Å². The lowest BCUT2D eigenvalue weighted by atomic mass is 9.93. The lowest BCUT2D eigenvalue weighted by Gasteiger charge is -2.40. The summed E-state index contributed by atoms with van der Waals surface area (Å²) < 4.78 is 39.2. The van der Waals surface area contributed by atoms with Crippen LogP contribution in [0.15, 0.2) is 42.5 Å². The van der Waals surface area contributed by atoms with E-state index in [2.05, 4.69) is 17.3 Å². The summed E-state index contributed by atoms with van der Waals surface area (Å²) in [5.41, 5.74) is -0.401. The van der Waals surface area contributed by atoms with Crippen molar-refractivity contribution in [3.05, 3.63) is 69.2 Å². The number of hydrogen-bond acceptors (Lipinski definition) is 3. The maximum atomic E-state index is 13.8. The molecule has 1 N–H and O–H groups in total. The molecule has 2 bridgehead atoms. The van der Waals surface area contributed by atoms with Crippen LogP contribution < -0.4 is 5.32 Å². The third-order valence-corrected chi connectivity index (χ3v) is 8.66. The first-order chi connectivity index (χ1) is 17.5. The van der Waals surface area contributed by atoms with Crippen molar-refractivity contribution in [3.8, 4) is 0 Å². The molecule has 2 aliphatic heterocycles. The fourth-order valence-electron chi connectivity index (χ4n) is 5.70. The number of benzene rings is 2. The van der Waals surface area contributed by atoms with Gasteiger partial charge in [0.05, 0.1) is 11.0 Å². The van der Waals surface area contributed by atoms with E-state index in [-0.39, 0.29) is 30.3 Å². The normalized spacial score (nSPS) is 23.6. The first-order valence-corrected chi connectivity index (χ1v) is 13.2. The van der Waals surface area contributed by atoms with Gasteiger partial charge in [-0.1, -0.05) is 41.4 Å². The molecular formula is C27H28Cl2F3N3O2. The van der Waals surface area contributed by atoms with Crippen LogP contribution in [0.4, 0.5) is 13.2 Å². The molecule has 0 radical (unpaired) electrons. The number of likely N-dealkylation sites (tertiary alicyclic amines) is 1. The number of piperazine rings is 1. The second-order valence-electron chi connectivity index (χ2n) is 10.4. The predicted molar refractivity (Wildman–Crippen MR) is 136 cm³/mol. The fourth-order valence-corrected chi connectivity index (χ4v) is 6.29. The standard InChI is InChI=1S/C27H28Cl2F3N3O2/c1-34-19-7-8-20(34)15-35(14-19)24(36)23(12-16-2-4-17(5-3-16)27(30,31)32)33-25(37)26(10-11-26)21-9-6-18(28)13-22(21)29/h2-6,9,13,19-20,23H,7-8,10-12,14-15H2,1H3,(H,33,37)/t19?,20?,23-/m0/s1. The average molecular weight is 554 g/mol. The maximum Gasteiger partial charge on any atom is 0.416 e. The van der Waals surface area contributed by atoms with Crippen LogP contribution in [0.5, 0.6) is 0 Å². The minimum atomic E-state index is -4.45. The van der Waals surface area contributed by atoms with E-state index < -0.39 is 23.2 Å². The highest BCUT2D eigenvalue weighted by molar-refractivity contribution is 6.35. The zero-order valence-corrected chi connectivity index (χ0v) is 21.8. The van der Waals surface area contributed by atoms with Crippen LogP contribution in [0.3, 0.4) is 0 Å². The maximum absolute atomic E-state index is 13.8. The predicted octanol–water partition coefficient (Wildman–Crippen LogP) is 5.08. The Hall–Kier alpha value is -2.29. The van der Waals surface area contributed by atoms with Crippen LogP contribution in [-0.2, 0) is 27.6 Å². The summed E-state index contributed by atoms with van der Waals surface area (Å²) in [7, 11) is 2.07. The Labute approximate surface area is 223 Å². The molecule has 0 aromatic heterocycles. The van der Waals surface area contributed by atoms with Crippen molar-refractivity contribution in [3.63, 3.8) is 0 Å². The van der Waals surface area contributed by atoms with Crippen LogP contribution in [0.25, 0.3) is 0 Å². The number of nitrogens with one attached hydrogen (secondary N) is 1. The van der Waals surface area contributed by atoms with Crippen molar-refractivity contribution in [2.45, 2.75) is 61.8 Å². The SMILES string of the molecule is CN1C2CCC1CN(C(=O)[C@H](Cc1ccc(C(F)(F)F)cc1)NC(=O)C1(c3ccc(Cl)cc3Cl)CC1)C2. The van der Waals surface area contributed by atoms with Gasteiger partial charge in [-0.3, -0.25) is 14.5 Å². The topological polar surface area (TPSA) is 52.6 Å². The number of carbonyl (C=O) groups excluding carboxylic acids is 2. The zero-order valence-electron chi connectivity index (χ0n) is 20.3. The quantitative estimate of drug-likeness (QED) is 0.543. The monoisotopic (exact) mass is 553 g/mol. The molecule has 2 unspecified atom stereocenters. The first-order valence-electron chi connectivity index (χ1n) is 12.4. The summed E-state index contributed by atoms with van der Waals surface area (Å²) >= 11 is 12.5. The van der Waals surface area contributed by atoms with Gasteiger partial charge in [0.15, 0.2) is 0 Å². The number of amides is 2. The molecule has 5 nitrogen and oxygen atoms in total. The number of rotatable bonds is 6. The molecule has 2 aromatic rings. The number of nitrogens with zero attached hydrogens (tertiary/aromatic N) is 2. The van der Waals surface area contributed by atoms with Crippen molar-refractivity contribution in [2.24, 2.45) is 0 Å². The molecule has 10 heteroatoms. The molecule has 0 spiro atoms. The fraction of sp³-hybridized carbons (Fsp3) is 0.481. The molecular weight excluding hydrogens is 526 g/mol. The average Bonchev–Trinajstić information content (AvgIpc) is 3.61. The van der Waals surface area contributed by atoms with Crippen LogP contribution in [0, 0.1) is 0 Å². The number of hydrogen-bond donors (Lipinski definition) is 1. The van der Waals surface area contributed by atoms with Gasteiger partial charge >= 0.3 is 6.18 Å². The largest absolute Gasteiger partial charge is 0.416 e. The summed E-state index contributed by atoms with van der Waals surface area (Å²) in [6.45, 7) is 1.14. The van der Waals surface area contributed by atoms with E-state index >= 15 is 0 Å². The van der Waals surface area contributed by atoms with Gasteiger partial charge in [0.2, 0.25) is 11.8 Å². The first kappa shape index (κ1) is 26.3. The van der Waals surface area contributed by atoms with Crippen molar-refractivity contribution in [2.75, 3.05) is 20.1 Å². The Bertz CT molecular complexity index is 1190. The van der Waals surface area contributed by atoms with Crippen molar-refractivity contribution >= 4 is 35.0 Å². The number of halogens is 5. The molecule has 2 amide bonds. The lowest BCUT2D eigenvalue weighted by molar-refractivity contribution is -0.139. The Morgan fingerprint density at radius 2 is 1.68 bits per heavy atom. The molecule has 198 valence electrons. The van der Waals surface area contributed by atoms with Gasteiger partial charge in [-0.15, -0.1) is 0 Å². The summed E-state index contributed by atoms with van der Waals surface area (Å²) in [6.07, 6.45) is -1.16. The molecule has 1 saturated carbocycles. The highest BCUT2D eigenvalue weighted by atomic mass is 35.5. The van der Waals surface area contributed by atoms with E-state index in [0.29, 0.717) is 47.1 Å². The molecule has 1 aliphatic carbocycles. The van der Waals surface area contributed by atoms with E-state index in [1.165, 1.54) is 12.1 Å². The minimum Gasteiger partial charge on any atom is -0.343 e. The van der Waals surface area contributed by atoms with Gasteiger partial charge in [0, 0.05) is 41.6 Å². The van der Waals surface area contributed by atoms with Gasteiger partial charge in [-0.25, -0.2) is 0 Å². The Kier molecular flexibility index (Phi) is 6.96. The van der Waals surface area contributed by atoms with Gasteiger partial charge in [0.25, 0.3) is 0 Å². The second-order valence-corrected chi connectivity index (χ2v) is 11.3. The van der Waals surface area contributed by atoms with Crippen molar-refractivity contribution in [1.82, 2.24) is 15.1 Å². The van der Waals surface area contributed by atoms with Gasteiger partial charge in [-0.2, -0.15) is 13.2 Å². The van der Waals surface area contributed by atoms with E-state index in [1.54, 1.807) is 23.1 Å². The summed E-state index contributed by atoms with van der Waals surface area (Å²) in [5, 5.41) is 3.81. The highest BCUT2D eigenvalue weighted by Crippen LogP contribution is 2.51. The van der Waals surface area contributed by atoms with Crippen LogP contribution in [-0.4, -0.2) is 59.9 Å². The molecule has 3 atom stereocenters. The highest BCUT2D eigenvalue weighted by Gasteiger charge is 2.53. The number of carbonyl (C=O) groups is 2. The summed E-state index contributed by atoms with van der Waals surface area (Å²) in [4.78, 5) is 31.5. The molecule has 2 saturated heterocycles. The zero-order chi connectivity index (χ0) is 26.5. The van der Waals surface area contributed by atoms with E-state index in [9.17, 15) is 22.8 Å². The molecule has 37 heavy (non-hydrogen) atoms. The minimum absolute atomic E-state index is 0.0921. The van der Waals surface area contributed by atoms with Gasteiger partial charge < -0.3 is 10.2 Å². The number of likely N-dealkylation sites (N-methyl/N-ethyl adjacent to an activating group) is 1. The van der Waals surface area contributed by atoms with Gasteiger partial charge in [0.1, 0.15) is 6.04 Å².